The molecule has 9 nitrogen and oxygen atoms in total. The van der Waals surface area contributed by atoms with Crippen molar-refractivity contribution in [3.63, 3.8) is 0 Å². The van der Waals surface area contributed by atoms with Gasteiger partial charge in [0.2, 0.25) is 11.8 Å². The third kappa shape index (κ3) is 4.69. The van der Waals surface area contributed by atoms with Gasteiger partial charge in [0.1, 0.15) is 0 Å². The minimum atomic E-state index is -1.17. The molecule has 0 bridgehead atoms. The van der Waals surface area contributed by atoms with Crippen molar-refractivity contribution in [1.82, 2.24) is 15.3 Å². The average molecular weight is 284 g/mol. The predicted octanol–water partition coefficient (Wildman–Crippen LogP) is 0.0147. The highest BCUT2D eigenvalue weighted by Crippen LogP contribution is 2.10. The first-order chi connectivity index (χ1) is 9.46. The number of hydrogen-bond acceptors (Lipinski definition) is 6. The van der Waals surface area contributed by atoms with Crippen LogP contribution in [0.1, 0.15) is 5.69 Å². The maximum Gasteiger partial charge on any atom is 0.334 e. The molecule has 0 radical (unpaired) electrons. The molecule has 0 aromatic carbocycles. The number of urea groups is 1. The van der Waals surface area contributed by atoms with E-state index in [4.69, 9.17) is 9.84 Å². The molecule has 0 aliphatic carbocycles. The molecule has 1 aromatic rings. The fourth-order valence-corrected chi connectivity index (χ4v) is 1.30. The Morgan fingerprint density at radius 3 is 2.65 bits per heavy atom. The molecule has 20 heavy (non-hydrogen) atoms. The first kappa shape index (κ1) is 15.6. The molecule has 0 spiro atoms. The summed E-state index contributed by atoms with van der Waals surface area (Å²) in [5.74, 6) is -0.793. The van der Waals surface area contributed by atoms with E-state index in [0.717, 1.165) is 0 Å². The molecule has 0 aliphatic heterocycles. The molecule has 0 saturated heterocycles. The number of nitrogens with zero attached hydrogens (tertiary/aromatic N) is 2. The summed E-state index contributed by atoms with van der Waals surface area (Å²) in [6.07, 6.45) is -1.12. The van der Waals surface area contributed by atoms with Crippen LogP contribution in [0.5, 0.6) is 5.88 Å². The largest absolute Gasteiger partial charge is 0.481 e. The topological polar surface area (TPSA) is 123 Å². The fourth-order valence-electron chi connectivity index (χ4n) is 1.30. The smallest absolute Gasteiger partial charge is 0.334 e. The summed E-state index contributed by atoms with van der Waals surface area (Å²) in [6.45, 7) is 1.54. The van der Waals surface area contributed by atoms with Crippen molar-refractivity contribution in [3.8, 4) is 5.88 Å². The highest BCUT2D eigenvalue weighted by Gasteiger charge is 2.17. The maximum atomic E-state index is 11.6. The Balaban J connectivity index is 2.58. The van der Waals surface area contributed by atoms with Gasteiger partial charge in [-0.05, 0) is 6.92 Å². The van der Waals surface area contributed by atoms with E-state index in [-0.39, 0.29) is 12.5 Å². The number of anilines is 1. The minimum Gasteiger partial charge on any atom is -0.481 e. The lowest BCUT2D eigenvalue weighted by atomic mass is 10.3. The quantitative estimate of drug-likeness (QED) is 0.672. The Bertz CT molecular complexity index is 494. The number of aryl methyl sites for hydroxylation is 1. The van der Waals surface area contributed by atoms with Crippen LogP contribution in [0, 0.1) is 6.92 Å². The van der Waals surface area contributed by atoms with Gasteiger partial charge in [0.15, 0.2) is 6.10 Å². The minimum absolute atomic E-state index is 0.0589. The lowest BCUT2D eigenvalue weighted by Gasteiger charge is -2.12. The van der Waals surface area contributed by atoms with Crippen LogP contribution >= 0.6 is 0 Å². The van der Waals surface area contributed by atoms with Crippen molar-refractivity contribution in [1.29, 1.82) is 0 Å². The van der Waals surface area contributed by atoms with E-state index in [1.54, 1.807) is 13.0 Å². The van der Waals surface area contributed by atoms with Crippen molar-refractivity contribution in [2.24, 2.45) is 0 Å². The second kappa shape index (κ2) is 7.24. The molecule has 0 saturated carbocycles. The maximum absolute atomic E-state index is 11.6. The summed E-state index contributed by atoms with van der Waals surface area (Å²) in [5.41, 5.74) is 0.618. The number of aliphatic carboxylic acids is 1. The van der Waals surface area contributed by atoms with Gasteiger partial charge in [0.25, 0.3) is 0 Å². The second-order valence-electron chi connectivity index (χ2n) is 3.77. The number of amides is 2. The molecule has 1 rings (SSSR count). The standard InChI is InChI=1S/C11H16N4O5/c1-6-4-8(20-3)14-10(13-6)15-11(18)12-5-7(19-2)9(16)17/h4,7H,5H2,1-3H3,(H,16,17)(H2,12,13,14,15,18). The predicted molar refractivity (Wildman–Crippen MR) is 68.8 cm³/mol. The van der Waals surface area contributed by atoms with Crippen LogP contribution in [-0.4, -0.2) is 53.9 Å². The lowest BCUT2D eigenvalue weighted by molar-refractivity contribution is -0.147. The van der Waals surface area contributed by atoms with E-state index in [0.29, 0.717) is 11.6 Å². The van der Waals surface area contributed by atoms with Crippen molar-refractivity contribution in [2.45, 2.75) is 13.0 Å². The Labute approximate surface area is 115 Å². The van der Waals surface area contributed by atoms with E-state index in [1.165, 1.54) is 14.2 Å². The highest BCUT2D eigenvalue weighted by molar-refractivity contribution is 5.87. The van der Waals surface area contributed by atoms with Gasteiger partial charge in [-0.3, -0.25) is 5.32 Å². The summed E-state index contributed by atoms with van der Waals surface area (Å²) >= 11 is 0. The molecular weight excluding hydrogens is 268 g/mol. The number of methoxy groups -OCH3 is 2. The van der Waals surface area contributed by atoms with Crippen LogP contribution in [0.4, 0.5) is 10.7 Å². The molecule has 1 atom stereocenters. The number of aromatic nitrogens is 2. The van der Waals surface area contributed by atoms with Gasteiger partial charge in [-0.15, -0.1) is 0 Å². The molecule has 1 aromatic heterocycles. The van der Waals surface area contributed by atoms with Gasteiger partial charge in [0, 0.05) is 18.9 Å². The normalized spacial score (nSPS) is 11.6. The van der Waals surface area contributed by atoms with Crippen LogP contribution in [-0.2, 0) is 9.53 Å². The zero-order valence-corrected chi connectivity index (χ0v) is 11.3. The molecule has 2 amide bonds. The second-order valence-corrected chi connectivity index (χ2v) is 3.77. The van der Waals surface area contributed by atoms with Gasteiger partial charge in [0.05, 0.1) is 13.7 Å². The van der Waals surface area contributed by atoms with Crippen molar-refractivity contribution in [3.05, 3.63) is 11.8 Å². The molecule has 0 fully saturated rings. The molecule has 3 N–H and O–H groups in total. The number of ether oxygens (including phenoxy) is 2. The third-order valence-electron chi connectivity index (χ3n) is 2.27. The van der Waals surface area contributed by atoms with Crippen molar-refractivity contribution < 1.29 is 24.2 Å². The van der Waals surface area contributed by atoms with E-state index in [1.807, 2.05) is 0 Å². The third-order valence-corrected chi connectivity index (χ3v) is 2.27. The summed E-state index contributed by atoms with van der Waals surface area (Å²) in [6, 6.07) is 0.968. The van der Waals surface area contributed by atoms with Crippen molar-refractivity contribution in [2.75, 3.05) is 26.1 Å². The Hall–Kier alpha value is -2.42. The molecule has 0 aliphatic rings. The first-order valence-electron chi connectivity index (χ1n) is 5.66. The van der Waals surface area contributed by atoms with Crippen LogP contribution in [0.15, 0.2) is 6.07 Å². The van der Waals surface area contributed by atoms with E-state index in [2.05, 4.69) is 25.3 Å². The number of carbonyl (C=O) groups excluding carboxylic acids is 1. The Morgan fingerprint density at radius 1 is 1.40 bits per heavy atom. The van der Waals surface area contributed by atoms with Gasteiger partial charge < -0.3 is 19.9 Å². The summed E-state index contributed by atoms with van der Waals surface area (Å²) in [4.78, 5) is 30.2. The lowest BCUT2D eigenvalue weighted by Crippen LogP contribution is -2.40. The van der Waals surface area contributed by atoms with E-state index < -0.39 is 18.1 Å². The van der Waals surface area contributed by atoms with Gasteiger partial charge in [-0.2, -0.15) is 4.98 Å². The number of rotatable bonds is 6. The van der Waals surface area contributed by atoms with Crippen LogP contribution < -0.4 is 15.4 Å². The summed E-state index contributed by atoms with van der Waals surface area (Å²) < 4.78 is 9.62. The fraction of sp³-hybridized carbons (Fsp3) is 0.455. The summed E-state index contributed by atoms with van der Waals surface area (Å²) in [5, 5.41) is 13.5. The van der Waals surface area contributed by atoms with Crippen LogP contribution in [0.3, 0.4) is 0 Å². The summed E-state index contributed by atoms with van der Waals surface area (Å²) in [7, 11) is 2.69. The van der Waals surface area contributed by atoms with Crippen LogP contribution in [0.2, 0.25) is 0 Å². The van der Waals surface area contributed by atoms with E-state index >= 15 is 0 Å². The van der Waals surface area contributed by atoms with Gasteiger partial charge >= 0.3 is 12.0 Å². The van der Waals surface area contributed by atoms with Crippen molar-refractivity contribution >= 4 is 17.9 Å². The molecule has 1 heterocycles. The molecule has 110 valence electrons. The highest BCUT2D eigenvalue weighted by atomic mass is 16.5. The number of carboxylic acid groups (broad SMARTS) is 1. The van der Waals surface area contributed by atoms with E-state index in [9.17, 15) is 9.59 Å². The van der Waals surface area contributed by atoms with Crippen LogP contribution in [0.25, 0.3) is 0 Å². The van der Waals surface area contributed by atoms with Gasteiger partial charge in [-0.1, -0.05) is 0 Å². The number of nitrogens with one attached hydrogen (secondary N) is 2. The Morgan fingerprint density at radius 2 is 2.10 bits per heavy atom. The molecule has 1 unspecified atom stereocenters. The number of hydrogen-bond donors (Lipinski definition) is 3. The average Bonchev–Trinajstić information content (AvgIpc) is 2.38. The van der Waals surface area contributed by atoms with Gasteiger partial charge in [-0.25, -0.2) is 14.6 Å². The molecule has 9 heteroatoms. The zero-order chi connectivity index (χ0) is 15.1. The monoisotopic (exact) mass is 284 g/mol. The number of carboxylic acids is 1. The molecular formula is C11H16N4O5. The SMILES string of the molecule is COc1cc(C)nc(NC(=O)NCC(OC)C(=O)O)n1. The Kier molecular flexibility index (Phi) is 5.66. The first-order valence-corrected chi connectivity index (χ1v) is 5.66. The zero-order valence-electron chi connectivity index (χ0n) is 11.3. The number of carbonyl (C=O) groups is 2.